The second-order valence-electron chi connectivity index (χ2n) is 5.78. The molecule has 0 heterocycles. The number of rotatable bonds is 2. The molecule has 0 aromatic carbocycles. The van der Waals surface area contributed by atoms with E-state index < -0.39 is 18.4 Å². The van der Waals surface area contributed by atoms with E-state index in [0.29, 0.717) is 0 Å². The monoisotopic (exact) mass is 718 g/mol. The number of aliphatic carboxylic acids is 2. The fourth-order valence-electron chi connectivity index (χ4n) is 2.25. The molecule has 2 aliphatic carbocycles. The molecule has 0 aromatic heterocycles. The van der Waals surface area contributed by atoms with Gasteiger partial charge in [-0.15, -0.1) is 12.1 Å². The molecule has 0 aromatic rings. The molecule has 0 spiro atoms. The van der Waals surface area contributed by atoms with Crippen LogP contribution in [0.3, 0.4) is 0 Å². The van der Waals surface area contributed by atoms with Crippen LogP contribution < -0.4 is 33.1 Å². The van der Waals surface area contributed by atoms with E-state index in [4.69, 9.17) is 22.9 Å². The third-order valence-corrected chi connectivity index (χ3v) is 3.70. The molecule has 10 heteroatoms. The molecule has 8 nitrogen and oxygen atoms in total. The first-order chi connectivity index (χ1) is 10.7. The maximum atomic E-state index is 9.28. The molecule has 152 valence electrons. The molecule has 2 rings (SSSR count). The van der Waals surface area contributed by atoms with Crippen molar-refractivity contribution >= 4 is 11.9 Å². The van der Waals surface area contributed by atoms with Gasteiger partial charge in [0.25, 0.3) is 0 Å². The molecular formula is C15H28N4O4Pt2. The SMILES string of the molecule is N[C-]1CCCCC1N.N[C-]1CCCCC1N.O=C([O-])CC(=O)[O-].[Pt+2].[Pt+2]. The fourth-order valence-corrected chi connectivity index (χ4v) is 2.25. The summed E-state index contributed by atoms with van der Waals surface area (Å²) >= 11 is 0. The summed E-state index contributed by atoms with van der Waals surface area (Å²) in [6.07, 6.45) is 8.21. The van der Waals surface area contributed by atoms with Crippen molar-refractivity contribution in [2.75, 3.05) is 0 Å². The number of carbonyl (C=O) groups excluding carboxylic acids is 2. The van der Waals surface area contributed by atoms with Crippen LogP contribution in [0.2, 0.25) is 0 Å². The first-order valence-electron chi connectivity index (χ1n) is 7.87. The predicted molar refractivity (Wildman–Crippen MR) is 82.4 cm³/mol. The Morgan fingerprint density at radius 2 is 1.12 bits per heavy atom. The van der Waals surface area contributed by atoms with Crippen LogP contribution in [0.4, 0.5) is 0 Å². The number of nitrogens with two attached hydrogens (primary N) is 4. The average molecular weight is 719 g/mol. The van der Waals surface area contributed by atoms with E-state index >= 15 is 0 Å². The van der Waals surface area contributed by atoms with Crippen molar-refractivity contribution in [3.63, 3.8) is 0 Å². The standard InChI is InChI=1S/2C6H13N2.C3H4O4.2Pt/c2*7-5-3-1-2-4-6(5)8;4-2(5)1-3(6)7;;/h2*5H,1-4,7-8H2;1H2,(H,4,5)(H,6,7);;/q2*-1;;2*+2/p-2. The number of carbonyl (C=O) groups is 2. The first-order valence-corrected chi connectivity index (χ1v) is 7.87. The van der Waals surface area contributed by atoms with E-state index in [9.17, 15) is 19.8 Å². The van der Waals surface area contributed by atoms with Crippen molar-refractivity contribution in [3.05, 3.63) is 12.1 Å². The van der Waals surface area contributed by atoms with Crippen molar-refractivity contribution in [1.82, 2.24) is 0 Å². The summed E-state index contributed by atoms with van der Waals surface area (Å²) in [5, 5.41) is 18.6. The molecule has 2 atom stereocenters. The van der Waals surface area contributed by atoms with Crippen LogP contribution in [-0.2, 0) is 51.7 Å². The van der Waals surface area contributed by atoms with Crippen molar-refractivity contribution < 1.29 is 61.9 Å². The van der Waals surface area contributed by atoms with Gasteiger partial charge in [-0.1, -0.05) is 38.5 Å². The molecule has 0 saturated heterocycles. The topological polar surface area (TPSA) is 184 Å². The third-order valence-electron chi connectivity index (χ3n) is 3.70. The number of hydrogen-bond acceptors (Lipinski definition) is 8. The smallest absolute Gasteiger partial charge is 0.550 e. The van der Waals surface area contributed by atoms with E-state index in [1.165, 1.54) is 25.7 Å². The summed E-state index contributed by atoms with van der Waals surface area (Å²) in [6.45, 7) is 0. The zero-order valence-electron chi connectivity index (χ0n) is 14.1. The van der Waals surface area contributed by atoms with Gasteiger partial charge < -0.3 is 42.7 Å². The quantitative estimate of drug-likeness (QED) is 0.180. The molecule has 2 unspecified atom stereocenters. The molecule has 0 bridgehead atoms. The van der Waals surface area contributed by atoms with Crippen LogP contribution in [0.1, 0.15) is 57.8 Å². The van der Waals surface area contributed by atoms with Gasteiger partial charge in [0.1, 0.15) is 0 Å². The van der Waals surface area contributed by atoms with Crippen LogP contribution >= 0.6 is 0 Å². The Morgan fingerprint density at radius 3 is 1.24 bits per heavy atom. The van der Waals surface area contributed by atoms with Gasteiger partial charge in [-0.25, -0.2) is 12.1 Å². The van der Waals surface area contributed by atoms with E-state index in [-0.39, 0.29) is 54.2 Å². The molecule has 0 radical (unpaired) electrons. The Hall–Kier alpha value is 0.157. The van der Waals surface area contributed by atoms with Gasteiger partial charge in [-0.2, -0.15) is 12.8 Å². The van der Waals surface area contributed by atoms with Gasteiger partial charge in [0.15, 0.2) is 0 Å². The maximum absolute atomic E-state index is 9.28. The van der Waals surface area contributed by atoms with Crippen molar-refractivity contribution in [1.29, 1.82) is 0 Å². The van der Waals surface area contributed by atoms with Crippen LogP contribution in [0.15, 0.2) is 0 Å². The van der Waals surface area contributed by atoms with Crippen LogP contribution in [0, 0.1) is 12.1 Å². The Balaban J connectivity index is -0.000000280. The predicted octanol–water partition coefficient (Wildman–Crippen LogP) is -2.37. The summed E-state index contributed by atoms with van der Waals surface area (Å²) in [7, 11) is 0. The number of carboxylic acid groups (broad SMARTS) is 2. The van der Waals surface area contributed by atoms with Crippen molar-refractivity contribution in [2.45, 2.75) is 69.9 Å². The van der Waals surface area contributed by atoms with Gasteiger partial charge in [-0.05, 0) is 0 Å². The maximum Gasteiger partial charge on any atom is 2.00 e. The normalized spacial score (nSPS) is 23.4. The second-order valence-corrected chi connectivity index (χ2v) is 5.78. The Bertz CT molecular complexity index is 312. The van der Waals surface area contributed by atoms with Crippen molar-refractivity contribution in [3.8, 4) is 0 Å². The summed E-state index contributed by atoms with van der Waals surface area (Å²) in [4.78, 5) is 18.6. The zero-order valence-corrected chi connectivity index (χ0v) is 18.6. The van der Waals surface area contributed by atoms with Gasteiger partial charge in [0.05, 0.1) is 0 Å². The molecule has 2 saturated carbocycles. The number of carboxylic acids is 2. The fraction of sp³-hybridized carbons (Fsp3) is 0.733. The Morgan fingerprint density at radius 1 is 0.800 bits per heavy atom. The summed E-state index contributed by atoms with van der Waals surface area (Å²) in [5.74, 6) is -3.25. The Kier molecular flexibility index (Phi) is 21.0. The Labute approximate surface area is 178 Å². The van der Waals surface area contributed by atoms with Gasteiger partial charge >= 0.3 is 42.1 Å². The van der Waals surface area contributed by atoms with Crippen LogP contribution in [0.5, 0.6) is 0 Å². The molecule has 25 heavy (non-hydrogen) atoms. The van der Waals surface area contributed by atoms with Gasteiger partial charge in [-0.3, -0.25) is 0 Å². The first kappa shape index (κ1) is 29.9. The molecule has 8 N–H and O–H groups in total. The minimum absolute atomic E-state index is 0. The second kappa shape index (κ2) is 17.6. The summed E-state index contributed by atoms with van der Waals surface area (Å²) in [5.41, 5.74) is 22.4. The molecule has 0 amide bonds. The number of hydrogen-bond donors (Lipinski definition) is 4. The van der Waals surface area contributed by atoms with E-state index in [2.05, 4.69) is 0 Å². The zero-order chi connectivity index (χ0) is 17.8. The van der Waals surface area contributed by atoms with Crippen LogP contribution in [-0.4, -0.2) is 24.0 Å². The molecule has 2 aliphatic rings. The minimum atomic E-state index is -1.63. The van der Waals surface area contributed by atoms with Crippen LogP contribution in [0.25, 0.3) is 0 Å². The summed E-state index contributed by atoms with van der Waals surface area (Å²) < 4.78 is 0. The largest absolute Gasteiger partial charge is 2.00 e. The molecule has 2 fully saturated rings. The van der Waals surface area contributed by atoms with E-state index in [1.54, 1.807) is 0 Å². The molecule has 0 aliphatic heterocycles. The molecular weight excluding hydrogens is 690 g/mol. The summed E-state index contributed by atoms with van der Waals surface area (Å²) in [6, 6.07) is 2.39. The minimum Gasteiger partial charge on any atom is -0.550 e. The third kappa shape index (κ3) is 17.3. The van der Waals surface area contributed by atoms with Crippen molar-refractivity contribution in [2.24, 2.45) is 22.9 Å². The van der Waals surface area contributed by atoms with Gasteiger partial charge in [0.2, 0.25) is 0 Å². The van der Waals surface area contributed by atoms with E-state index in [0.717, 1.165) is 37.8 Å². The average Bonchev–Trinajstić information content (AvgIpc) is 2.45. The van der Waals surface area contributed by atoms with E-state index in [1.807, 2.05) is 0 Å². The van der Waals surface area contributed by atoms with Gasteiger partial charge in [0, 0.05) is 18.4 Å².